The van der Waals surface area contributed by atoms with Crippen LogP contribution in [0.15, 0.2) is 152 Å². The van der Waals surface area contributed by atoms with Crippen LogP contribution in [0.5, 0.6) is 11.5 Å². The highest BCUT2D eigenvalue weighted by atomic mass is 16.6. The maximum absolute atomic E-state index is 8.03. The Labute approximate surface area is 321 Å². The van der Waals surface area contributed by atoms with E-state index in [0.717, 1.165) is 39.2 Å². The topological polar surface area (TPSA) is 30.9 Å². The van der Waals surface area contributed by atoms with Crippen molar-refractivity contribution in [1.82, 2.24) is 4.81 Å². The summed E-state index contributed by atoms with van der Waals surface area (Å²) in [5.74, 6) is 1.81. The summed E-state index contributed by atoms with van der Waals surface area (Å²) in [5, 5.41) is 0. The third-order valence-corrected chi connectivity index (χ3v) is 11.3. The van der Waals surface area contributed by atoms with Gasteiger partial charge in [0, 0.05) is 11.6 Å². The molecule has 2 heterocycles. The molecule has 6 aromatic rings. The summed E-state index contributed by atoms with van der Waals surface area (Å²) >= 11 is 0. The lowest BCUT2D eigenvalue weighted by Gasteiger charge is -2.52. The molecule has 0 amide bonds. The Hall–Kier alpha value is -5.10. The summed E-state index contributed by atoms with van der Waals surface area (Å²) in [6.45, 7) is 14.8. The van der Waals surface area contributed by atoms with Gasteiger partial charge in [-0.15, -0.1) is 5.46 Å². The molecule has 0 N–H and O–H groups in total. The zero-order valence-corrected chi connectivity index (χ0v) is 32.7. The molecule has 0 bridgehead atoms. The van der Waals surface area contributed by atoms with Gasteiger partial charge in [-0.25, -0.2) is 0 Å². The number of hydrogen-bond donors (Lipinski definition) is 0. The second kappa shape index (κ2) is 13.6. The van der Waals surface area contributed by atoms with Crippen LogP contribution in [0.4, 0.5) is 0 Å². The highest BCUT2D eigenvalue weighted by molar-refractivity contribution is 6.80. The first-order valence-corrected chi connectivity index (χ1v) is 19.4. The first-order valence-electron chi connectivity index (χ1n) is 19.4. The van der Waals surface area contributed by atoms with Gasteiger partial charge in [0.2, 0.25) is 0 Å². The fourth-order valence-corrected chi connectivity index (χ4v) is 8.62. The first kappa shape index (κ1) is 35.9. The van der Waals surface area contributed by atoms with Gasteiger partial charge in [-0.3, -0.25) is 0 Å². The van der Waals surface area contributed by atoms with E-state index in [4.69, 9.17) is 14.0 Å². The third kappa shape index (κ3) is 6.14. The largest absolute Gasteiger partial charge is 0.676 e. The maximum Gasteiger partial charge on any atom is 0.404 e. The van der Waals surface area contributed by atoms with Gasteiger partial charge in [0.15, 0.2) is 0 Å². The van der Waals surface area contributed by atoms with Crippen LogP contribution in [-0.2, 0) is 27.6 Å². The Morgan fingerprint density at radius 2 is 1.20 bits per heavy atom. The number of benzene rings is 6. The van der Waals surface area contributed by atoms with E-state index in [-0.39, 0.29) is 16.9 Å². The summed E-state index contributed by atoms with van der Waals surface area (Å²) in [6, 6.07) is 54.1. The van der Waals surface area contributed by atoms with Crippen molar-refractivity contribution in [3.05, 3.63) is 185 Å². The summed E-state index contributed by atoms with van der Waals surface area (Å²) in [4.78, 5) is 2.54. The molecule has 2 aliphatic heterocycles. The molecule has 1 saturated heterocycles. The predicted molar refractivity (Wildman–Crippen MR) is 222 cm³/mol. The average molecular weight is 713 g/mol. The fraction of sp³-hybridized carbons (Fsp3) is 0.265. The molecule has 1 fully saturated rings. The molecule has 5 heteroatoms. The van der Waals surface area contributed by atoms with E-state index in [0.29, 0.717) is 13.2 Å². The predicted octanol–water partition coefficient (Wildman–Crippen LogP) is 11.1. The highest BCUT2D eigenvalue weighted by Gasteiger charge is 2.62. The molecule has 2 atom stereocenters. The normalized spacial score (nSPS) is 19.4. The van der Waals surface area contributed by atoms with Gasteiger partial charge in [0.25, 0.3) is 0 Å². The lowest BCUT2D eigenvalue weighted by molar-refractivity contribution is 0.0869. The molecular formula is C49H51BNO3-. The Kier molecular flexibility index (Phi) is 9.07. The smallest absolute Gasteiger partial charge is 0.404 e. The zero-order chi connectivity index (χ0) is 37.7. The summed E-state index contributed by atoms with van der Waals surface area (Å²) < 4.78 is 21.5. The molecular weight excluding hydrogens is 661 g/mol. The summed E-state index contributed by atoms with van der Waals surface area (Å²) in [7, 11) is 0. The van der Waals surface area contributed by atoms with E-state index in [9.17, 15) is 0 Å². The third-order valence-electron chi connectivity index (χ3n) is 11.3. The van der Waals surface area contributed by atoms with E-state index in [1.807, 2.05) is 19.1 Å². The Bertz CT molecular complexity index is 2190. The van der Waals surface area contributed by atoms with E-state index < -0.39 is 12.3 Å². The zero-order valence-electron chi connectivity index (χ0n) is 32.7. The number of nitrogens with zero attached hydrogens (tertiary/aromatic N) is 1. The van der Waals surface area contributed by atoms with Crippen LogP contribution in [0.2, 0.25) is 0 Å². The minimum absolute atomic E-state index is 0.0381. The lowest BCUT2D eigenvalue weighted by atomic mass is 9.59. The fourth-order valence-electron chi connectivity index (χ4n) is 8.62. The second-order valence-electron chi connectivity index (χ2n) is 17.0. The van der Waals surface area contributed by atoms with Gasteiger partial charge >= 0.3 is 6.69 Å². The molecule has 0 aliphatic carbocycles. The second-order valence-corrected chi connectivity index (χ2v) is 17.0. The van der Waals surface area contributed by atoms with Gasteiger partial charge in [-0.1, -0.05) is 181 Å². The maximum atomic E-state index is 8.03. The summed E-state index contributed by atoms with van der Waals surface area (Å²) in [5.41, 5.74) is 9.19. The molecule has 4 nitrogen and oxygen atoms in total. The Balaban J connectivity index is 1.40. The number of hydrogen-bond acceptors (Lipinski definition) is 4. The highest BCUT2D eigenvalue weighted by Crippen LogP contribution is 2.59. The van der Waals surface area contributed by atoms with Gasteiger partial charge < -0.3 is 18.9 Å². The molecule has 0 saturated carbocycles. The molecule has 8 rings (SSSR count). The quantitative estimate of drug-likeness (QED) is 0.154. The van der Waals surface area contributed by atoms with Crippen molar-refractivity contribution in [3.8, 4) is 22.6 Å². The van der Waals surface area contributed by atoms with Gasteiger partial charge in [-0.05, 0) is 75.4 Å². The van der Waals surface area contributed by atoms with Crippen molar-refractivity contribution in [2.75, 3.05) is 6.61 Å². The Morgan fingerprint density at radius 1 is 0.667 bits per heavy atom. The van der Waals surface area contributed by atoms with Crippen LogP contribution in [0, 0.1) is 0 Å². The minimum Gasteiger partial charge on any atom is -0.676 e. The standard InChI is InChI=1S/C49H51BNO3/c1-8-52-43-30-26-36(27-31-43)35-24-28-42(29-25-35)50-51(34-38-32-41(47(2,3)4)33-44(45(38)53-50)48(5,6)7)46(37-18-12-9-13-19-37)49(54-50,39-20-14-10-15-21-39)40-22-16-11-17-23-40/h9-33,46H,8,34H2,1-7H3/q-1/t46-,50?/m1/s1. The number of fused-ring (bicyclic) bond motifs is 2. The number of rotatable bonds is 7. The van der Waals surface area contributed by atoms with Gasteiger partial charge in [-0.2, -0.15) is 0 Å². The van der Waals surface area contributed by atoms with E-state index in [1.165, 1.54) is 22.3 Å². The lowest BCUT2D eigenvalue weighted by Crippen LogP contribution is -2.67. The average Bonchev–Trinajstić information content (AvgIpc) is 3.49. The van der Waals surface area contributed by atoms with Crippen molar-refractivity contribution in [3.63, 3.8) is 0 Å². The van der Waals surface area contributed by atoms with Crippen LogP contribution in [0.1, 0.15) is 87.9 Å². The van der Waals surface area contributed by atoms with E-state index in [1.54, 1.807) is 0 Å². The van der Waals surface area contributed by atoms with Crippen molar-refractivity contribution in [2.45, 2.75) is 77.5 Å². The van der Waals surface area contributed by atoms with Crippen LogP contribution in [0.3, 0.4) is 0 Å². The van der Waals surface area contributed by atoms with Crippen LogP contribution >= 0.6 is 0 Å². The Morgan fingerprint density at radius 3 is 1.72 bits per heavy atom. The van der Waals surface area contributed by atoms with Crippen LogP contribution in [0.25, 0.3) is 11.1 Å². The molecule has 0 aromatic heterocycles. The molecule has 1 unspecified atom stereocenters. The van der Waals surface area contributed by atoms with Crippen molar-refractivity contribution < 1.29 is 14.0 Å². The molecule has 0 radical (unpaired) electrons. The molecule has 2 aliphatic rings. The van der Waals surface area contributed by atoms with E-state index in [2.05, 4.69) is 186 Å². The van der Waals surface area contributed by atoms with Gasteiger partial charge in [0.05, 0.1) is 18.0 Å². The van der Waals surface area contributed by atoms with Crippen molar-refractivity contribution in [2.24, 2.45) is 0 Å². The van der Waals surface area contributed by atoms with Crippen molar-refractivity contribution >= 4 is 12.1 Å². The summed E-state index contributed by atoms with van der Waals surface area (Å²) in [6.07, 6.45) is 0. The molecule has 6 aromatic carbocycles. The van der Waals surface area contributed by atoms with E-state index >= 15 is 0 Å². The molecule has 54 heavy (non-hydrogen) atoms. The minimum atomic E-state index is -2.29. The monoisotopic (exact) mass is 712 g/mol. The number of ether oxygens (including phenoxy) is 1. The van der Waals surface area contributed by atoms with Crippen LogP contribution in [-0.4, -0.2) is 18.1 Å². The SMILES string of the molecule is CCOc1ccc(-c2ccc([B-]34Oc5c(cc(C(C)(C)C)cc5C(C)(C)C)CN3[C@H](c3ccccc3)C(c3ccccc3)(c3ccccc3)O4)cc2)cc1. The first-order chi connectivity index (χ1) is 25.9. The van der Waals surface area contributed by atoms with Crippen LogP contribution < -0.4 is 14.9 Å². The molecule has 274 valence electrons. The van der Waals surface area contributed by atoms with Gasteiger partial charge in [0.1, 0.15) is 5.75 Å². The molecule has 0 spiro atoms. The van der Waals surface area contributed by atoms with Crippen molar-refractivity contribution in [1.29, 1.82) is 0 Å².